The third-order valence-corrected chi connectivity index (χ3v) is 7.59. The van der Waals surface area contributed by atoms with Gasteiger partial charge in [0.1, 0.15) is 0 Å². The number of aromatic carboxylic acids is 4. The maximum atomic E-state index is 12.0. The Morgan fingerprint density at radius 3 is 0.938 bits per heavy atom. The van der Waals surface area contributed by atoms with Crippen molar-refractivity contribution in [1.29, 1.82) is 0 Å². The molecule has 0 aliphatic rings. The molecule has 0 aliphatic carbocycles. The fourth-order valence-corrected chi connectivity index (χ4v) is 5.53. The zero-order valence-corrected chi connectivity index (χ0v) is 25.3. The van der Waals surface area contributed by atoms with Crippen molar-refractivity contribution in [2.75, 3.05) is 0 Å². The molecule has 0 fully saturated rings. The van der Waals surface area contributed by atoms with Crippen LogP contribution in [0.15, 0.2) is 146 Å². The molecule has 4 N–H and O–H groups in total. The number of carboxylic acids is 4. The van der Waals surface area contributed by atoms with Crippen LogP contribution in [0, 0.1) is 0 Å². The molecule has 6 aromatic rings. The minimum atomic E-state index is -1.16. The molecule has 0 heterocycles. The lowest BCUT2D eigenvalue weighted by Crippen LogP contribution is -2.09. The minimum Gasteiger partial charge on any atom is -0.478 e. The van der Waals surface area contributed by atoms with Crippen LogP contribution in [0.5, 0.6) is 0 Å². The summed E-state index contributed by atoms with van der Waals surface area (Å²) in [6.45, 7) is 0. The Labute approximate surface area is 275 Å². The second-order valence-corrected chi connectivity index (χ2v) is 10.5. The summed E-state index contributed by atoms with van der Waals surface area (Å²) in [5.41, 5.74) is 4.26. The van der Waals surface area contributed by atoms with E-state index in [9.17, 15) is 39.6 Å². The molecule has 0 saturated carbocycles. The molecule has 0 atom stereocenters. The van der Waals surface area contributed by atoms with Crippen molar-refractivity contribution in [3.63, 3.8) is 0 Å². The van der Waals surface area contributed by atoms with Crippen LogP contribution in [0.4, 0.5) is 0 Å². The van der Waals surface area contributed by atoms with E-state index in [0.29, 0.717) is 33.4 Å². The lowest BCUT2D eigenvalue weighted by Gasteiger charge is -2.16. The Kier molecular flexibility index (Phi) is 9.87. The molecule has 8 heteroatoms. The third kappa shape index (κ3) is 6.88. The molecule has 0 radical (unpaired) electrons. The van der Waals surface area contributed by atoms with Gasteiger partial charge >= 0.3 is 23.9 Å². The van der Waals surface area contributed by atoms with Crippen LogP contribution in [-0.4, -0.2) is 44.3 Å². The van der Waals surface area contributed by atoms with Crippen molar-refractivity contribution in [3.05, 3.63) is 168 Å². The van der Waals surface area contributed by atoms with Gasteiger partial charge in [0.25, 0.3) is 0 Å². The molecule has 0 unspecified atom stereocenters. The molecule has 6 rings (SSSR count). The highest BCUT2D eigenvalue weighted by Crippen LogP contribution is 2.38. The van der Waals surface area contributed by atoms with Crippen LogP contribution >= 0.6 is 0 Å². The van der Waals surface area contributed by atoms with Crippen molar-refractivity contribution in [1.82, 2.24) is 0 Å². The third-order valence-electron chi connectivity index (χ3n) is 7.59. The largest absolute Gasteiger partial charge is 0.478 e. The first-order valence-electron chi connectivity index (χ1n) is 14.7. The first-order valence-corrected chi connectivity index (χ1v) is 14.7. The molecule has 0 spiro atoms. The van der Waals surface area contributed by atoms with Gasteiger partial charge in [0.2, 0.25) is 0 Å². The molecule has 0 aromatic heterocycles. The van der Waals surface area contributed by atoms with Gasteiger partial charge < -0.3 is 20.4 Å². The van der Waals surface area contributed by atoms with Crippen molar-refractivity contribution >= 4 is 23.9 Å². The van der Waals surface area contributed by atoms with Crippen molar-refractivity contribution in [2.24, 2.45) is 0 Å². The van der Waals surface area contributed by atoms with Gasteiger partial charge in [-0.2, -0.15) is 0 Å². The van der Waals surface area contributed by atoms with Crippen LogP contribution < -0.4 is 0 Å². The van der Waals surface area contributed by atoms with Crippen LogP contribution in [0.1, 0.15) is 41.4 Å². The molecular formula is C40H28O8. The lowest BCUT2D eigenvalue weighted by molar-refractivity contribution is 0.0682. The summed E-state index contributed by atoms with van der Waals surface area (Å²) >= 11 is 0. The second kappa shape index (κ2) is 14.5. The molecule has 0 aliphatic heterocycles. The quantitative estimate of drug-likeness (QED) is 0.129. The highest BCUT2D eigenvalue weighted by atomic mass is 16.4. The summed E-state index contributed by atoms with van der Waals surface area (Å²) in [6.07, 6.45) is 0. The smallest absolute Gasteiger partial charge is 0.336 e. The second-order valence-electron chi connectivity index (χ2n) is 10.5. The highest BCUT2D eigenvalue weighted by Gasteiger charge is 2.25. The molecule has 0 bridgehead atoms. The average Bonchev–Trinajstić information content (AvgIpc) is 3.12. The normalized spacial score (nSPS) is 10.3. The number of carboxylic acid groups (broad SMARTS) is 4. The van der Waals surface area contributed by atoms with Crippen molar-refractivity contribution in [2.45, 2.75) is 0 Å². The first-order chi connectivity index (χ1) is 23.2. The molecule has 236 valence electrons. The van der Waals surface area contributed by atoms with Crippen LogP contribution in [0.25, 0.3) is 44.5 Å². The number of benzene rings is 6. The fraction of sp³-hybridized carbons (Fsp3) is 0. The first kappa shape index (κ1) is 32.6. The summed E-state index contributed by atoms with van der Waals surface area (Å²) in [5.74, 6) is -4.50. The van der Waals surface area contributed by atoms with E-state index < -0.39 is 23.9 Å². The summed E-state index contributed by atoms with van der Waals surface area (Å²) in [4.78, 5) is 47.0. The Morgan fingerprint density at radius 2 is 0.604 bits per heavy atom. The van der Waals surface area contributed by atoms with Gasteiger partial charge in [-0.25, -0.2) is 19.2 Å². The zero-order valence-electron chi connectivity index (χ0n) is 25.3. The van der Waals surface area contributed by atoms with E-state index in [1.807, 2.05) is 30.3 Å². The number of carbonyl (C=O) groups is 4. The van der Waals surface area contributed by atoms with E-state index in [0.717, 1.165) is 5.56 Å². The molecule has 0 saturated heterocycles. The number of rotatable bonds is 8. The summed E-state index contributed by atoms with van der Waals surface area (Å²) in [5, 5.41) is 38.4. The van der Waals surface area contributed by atoms with Gasteiger partial charge in [0, 0.05) is 16.7 Å². The fourth-order valence-electron chi connectivity index (χ4n) is 5.53. The van der Waals surface area contributed by atoms with Gasteiger partial charge in [-0.1, -0.05) is 127 Å². The van der Waals surface area contributed by atoms with E-state index in [1.54, 1.807) is 97.1 Å². The Balaban J connectivity index is 0.000000188. The Morgan fingerprint density at radius 1 is 0.312 bits per heavy atom. The number of hydrogen-bond acceptors (Lipinski definition) is 4. The zero-order chi connectivity index (χ0) is 34.2. The minimum absolute atomic E-state index is 0.00713. The highest BCUT2D eigenvalue weighted by molar-refractivity contribution is 6.10. The van der Waals surface area contributed by atoms with Gasteiger partial charge in [0.05, 0.1) is 22.3 Å². The predicted octanol–water partition coefficient (Wildman–Crippen LogP) is 8.83. The maximum Gasteiger partial charge on any atom is 0.336 e. The topological polar surface area (TPSA) is 149 Å². The van der Waals surface area contributed by atoms with Gasteiger partial charge in [-0.15, -0.1) is 0 Å². The Bertz CT molecular complexity index is 2030. The van der Waals surface area contributed by atoms with Gasteiger partial charge in [-0.3, -0.25) is 0 Å². The lowest BCUT2D eigenvalue weighted by atomic mass is 9.87. The van der Waals surface area contributed by atoms with Crippen molar-refractivity contribution < 1.29 is 39.6 Å². The van der Waals surface area contributed by atoms with E-state index >= 15 is 0 Å². The van der Waals surface area contributed by atoms with Crippen molar-refractivity contribution in [3.8, 4) is 44.5 Å². The summed E-state index contributed by atoms with van der Waals surface area (Å²) < 4.78 is 0. The SMILES string of the molecule is O=C(O)c1ccc(-c2ccccc2)c(C(=O)O)c1-c1ccccc1.O=C(O)c1ccc(C(=O)O)c(-c2ccccc2)c1-c1ccccc1. The van der Waals surface area contributed by atoms with E-state index in [-0.39, 0.29) is 27.8 Å². The van der Waals surface area contributed by atoms with E-state index in [2.05, 4.69) is 0 Å². The van der Waals surface area contributed by atoms with E-state index in [1.165, 1.54) is 18.2 Å². The molecular weight excluding hydrogens is 608 g/mol. The predicted molar refractivity (Wildman–Crippen MR) is 182 cm³/mol. The van der Waals surface area contributed by atoms with Crippen LogP contribution in [0.3, 0.4) is 0 Å². The monoisotopic (exact) mass is 636 g/mol. The van der Waals surface area contributed by atoms with Gasteiger partial charge in [0.15, 0.2) is 0 Å². The molecule has 8 nitrogen and oxygen atoms in total. The summed E-state index contributed by atoms with van der Waals surface area (Å²) in [6, 6.07) is 41.4. The van der Waals surface area contributed by atoms with Crippen LogP contribution in [-0.2, 0) is 0 Å². The number of hydrogen-bond donors (Lipinski definition) is 4. The van der Waals surface area contributed by atoms with E-state index in [4.69, 9.17) is 0 Å². The molecule has 48 heavy (non-hydrogen) atoms. The maximum absolute atomic E-state index is 12.0. The van der Waals surface area contributed by atoms with Gasteiger partial charge in [-0.05, 0) is 46.0 Å². The standard InChI is InChI=1S/2C20H14O4/c21-19(22)15-11-12-16(20(23)24)18(14-9-5-2-6-10-14)17(15)13-7-3-1-4-8-13;21-19(22)16-12-11-15(13-7-3-1-4-8-13)18(20(23)24)17(16)14-9-5-2-6-10-14/h2*1-12H,(H,21,22)(H,23,24). The molecule has 0 amide bonds. The average molecular weight is 637 g/mol. The molecule has 6 aromatic carbocycles. The Hall–Kier alpha value is -6.80. The van der Waals surface area contributed by atoms with Crippen LogP contribution in [0.2, 0.25) is 0 Å². The summed E-state index contributed by atoms with van der Waals surface area (Å²) in [7, 11) is 0.